The molecular formula is C13H8Br2ClN5. The second-order valence-electron chi connectivity index (χ2n) is 4.28. The van der Waals surface area contributed by atoms with Crippen LogP contribution in [0, 0.1) is 0 Å². The van der Waals surface area contributed by atoms with Crippen molar-refractivity contribution in [1.82, 2.24) is 20.2 Å². The Kier molecular flexibility index (Phi) is 3.97. The van der Waals surface area contributed by atoms with Gasteiger partial charge in [0.2, 0.25) is 0 Å². The Morgan fingerprint density at radius 2 is 1.86 bits per heavy atom. The Bertz CT molecular complexity index is 798. The summed E-state index contributed by atoms with van der Waals surface area (Å²) < 4.78 is 3.32. The number of rotatable bonds is 2. The highest BCUT2D eigenvalue weighted by Gasteiger charge is 2.14. The Morgan fingerprint density at radius 1 is 1.05 bits per heavy atom. The smallest absolute Gasteiger partial charge is 0.187 e. The van der Waals surface area contributed by atoms with Crippen LogP contribution in [0.15, 0.2) is 45.3 Å². The van der Waals surface area contributed by atoms with Gasteiger partial charge in [-0.25, -0.2) is 0 Å². The summed E-state index contributed by atoms with van der Waals surface area (Å²) in [4.78, 5) is 0. The summed E-state index contributed by atoms with van der Waals surface area (Å²) in [5, 5.41) is 12.4. The van der Waals surface area contributed by atoms with Crippen LogP contribution in [0.25, 0.3) is 17.1 Å². The zero-order chi connectivity index (χ0) is 15.0. The van der Waals surface area contributed by atoms with Crippen LogP contribution in [0.3, 0.4) is 0 Å². The van der Waals surface area contributed by atoms with Gasteiger partial charge < -0.3 is 5.73 Å². The van der Waals surface area contributed by atoms with Crippen LogP contribution in [0.2, 0.25) is 5.02 Å². The molecule has 0 fully saturated rings. The predicted molar refractivity (Wildman–Crippen MR) is 89.4 cm³/mol. The Balaban J connectivity index is 2.19. The lowest BCUT2D eigenvalue weighted by molar-refractivity contribution is 0.791. The molecule has 1 heterocycles. The lowest BCUT2D eigenvalue weighted by Crippen LogP contribution is -2.01. The largest absolute Gasteiger partial charge is 0.399 e. The highest BCUT2D eigenvalue weighted by molar-refractivity contribution is 9.10. The van der Waals surface area contributed by atoms with Crippen molar-refractivity contribution in [2.75, 3.05) is 5.73 Å². The van der Waals surface area contributed by atoms with Gasteiger partial charge in [0.1, 0.15) is 0 Å². The standard InChI is InChI=1S/C13H8Br2ClN5/c14-8-1-2-11(16)12(6-8)21-13(18-19-20-21)7-3-9(15)5-10(17)4-7/h1-6H,17H2. The van der Waals surface area contributed by atoms with Crippen molar-refractivity contribution in [3.63, 3.8) is 0 Å². The minimum atomic E-state index is 0.551. The Morgan fingerprint density at radius 3 is 2.62 bits per heavy atom. The quantitative estimate of drug-likeness (QED) is 0.623. The second kappa shape index (κ2) is 5.75. The van der Waals surface area contributed by atoms with Crippen molar-refractivity contribution < 1.29 is 0 Å². The molecule has 0 radical (unpaired) electrons. The number of hydrogen-bond donors (Lipinski definition) is 1. The van der Waals surface area contributed by atoms with E-state index in [4.69, 9.17) is 17.3 Å². The molecule has 21 heavy (non-hydrogen) atoms. The van der Waals surface area contributed by atoms with Crippen LogP contribution in [0.4, 0.5) is 5.69 Å². The molecule has 0 aliphatic carbocycles. The van der Waals surface area contributed by atoms with Crippen molar-refractivity contribution in [2.45, 2.75) is 0 Å². The van der Waals surface area contributed by atoms with Crippen LogP contribution in [0.5, 0.6) is 0 Å². The van der Waals surface area contributed by atoms with Gasteiger partial charge in [-0.1, -0.05) is 43.5 Å². The zero-order valence-electron chi connectivity index (χ0n) is 10.5. The summed E-state index contributed by atoms with van der Waals surface area (Å²) in [5.74, 6) is 0.558. The fraction of sp³-hybridized carbons (Fsp3) is 0. The lowest BCUT2D eigenvalue weighted by atomic mass is 10.2. The normalized spacial score (nSPS) is 10.8. The zero-order valence-corrected chi connectivity index (χ0v) is 14.4. The summed E-state index contributed by atoms with van der Waals surface area (Å²) >= 11 is 13.1. The van der Waals surface area contributed by atoms with Crippen molar-refractivity contribution in [3.8, 4) is 17.1 Å². The van der Waals surface area contributed by atoms with E-state index in [1.165, 1.54) is 0 Å². The van der Waals surface area contributed by atoms with E-state index in [0.717, 1.165) is 14.5 Å². The van der Waals surface area contributed by atoms with Gasteiger partial charge in [0.15, 0.2) is 5.82 Å². The van der Waals surface area contributed by atoms with E-state index in [1.54, 1.807) is 16.8 Å². The number of nitrogens with two attached hydrogens (primary N) is 1. The molecule has 3 aromatic rings. The molecule has 0 atom stereocenters. The number of nitrogens with zero attached hydrogens (tertiary/aromatic N) is 4. The van der Waals surface area contributed by atoms with Crippen LogP contribution in [-0.4, -0.2) is 20.2 Å². The van der Waals surface area contributed by atoms with Crippen molar-refractivity contribution in [2.24, 2.45) is 0 Å². The summed E-state index contributed by atoms with van der Waals surface area (Å²) in [7, 11) is 0. The molecule has 0 bridgehead atoms. The molecule has 2 aromatic carbocycles. The van der Waals surface area contributed by atoms with Gasteiger partial charge in [-0.3, -0.25) is 0 Å². The van der Waals surface area contributed by atoms with Crippen LogP contribution >= 0.6 is 43.5 Å². The molecule has 0 saturated carbocycles. The Labute approximate surface area is 142 Å². The monoisotopic (exact) mass is 427 g/mol. The van der Waals surface area contributed by atoms with Gasteiger partial charge in [-0.2, -0.15) is 4.68 Å². The number of tetrazole rings is 1. The molecule has 8 heteroatoms. The van der Waals surface area contributed by atoms with Gasteiger partial charge in [0.05, 0.1) is 10.7 Å². The molecule has 0 spiro atoms. The first-order chi connectivity index (χ1) is 10.0. The van der Waals surface area contributed by atoms with E-state index in [2.05, 4.69) is 47.4 Å². The summed E-state index contributed by atoms with van der Waals surface area (Å²) in [6.07, 6.45) is 0. The third kappa shape index (κ3) is 2.95. The molecule has 3 rings (SSSR count). The van der Waals surface area contributed by atoms with Gasteiger partial charge >= 0.3 is 0 Å². The van der Waals surface area contributed by atoms with Gasteiger partial charge in [-0.15, -0.1) is 5.10 Å². The lowest BCUT2D eigenvalue weighted by Gasteiger charge is -2.08. The first kappa shape index (κ1) is 14.5. The minimum Gasteiger partial charge on any atom is -0.399 e. The van der Waals surface area contributed by atoms with Crippen LogP contribution in [0.1, 0.15) is 0 Å². The maximum Gasteiger partial charge on any atom is 0.187 e. The average Bonchev–Trinajstić information content (AvgIpc) is 2.89. The van der Waals surface area contributed by atoms with Crippen LogP contribution < -0.4 is 5.73 Å². The van der Waals surface area contributed by atoms with Crippen molar-refractivity contribution >= 4 is 49.1 Å². The van der Waals surface area contributed by atoms with E-state index in [1.807, 2.05) is 24.3 Å². The van der Waals surface area contributed by atoms with E-state index in [9.17, 15) is 0 Å². The van der Waals surface area contributed by atoms with E-state index < -0.39 is 0 Å². The SMILES string of the molecule is Nc1cc(Br)cc(-c2nnnn2-c2cc(Br)ccc2Cl)c1. The van der Waals surface area contributed by atoms with Crippen LogP contribution in [-0.2, 0) is 0 Å². The number of benzene rings is 2. The molecule has 2 N–H and O–H groups in total. The summed E-state index contributed by atoms with van der Waals surface area (Å²) in [6.45, 7) is 0. The fourth-order valence-electron chi connectivity index (χ4n) is 1.92. The maximum atomic E-state index is 6.24. The third-order valence-corrected chi connectivity index (χ3v) is 4.05. The molecule has 0 saturated heterocycles. The topological polar surface area (TPSA) is 69.6 Å². The van der Waals surface area contributed by atoms with Gasteiger partial charge in [0, 0.05) is 20.2 Å². The van der Waals surface area contributed by atoms with Gasteiger partial charge in [0.25, 0.3) is 0 Å². The fourth-order valence-corrected chi connectivity index (χ4v) is 2.98. The molecule has 5 nitrogen and oxygen atoms in total. The summed E-state index contributed by atoms with van der Waals surface area (Å²) in [6, 6.07) is 11.0. The number of aromatic nitrogens is 4. The molecule has 106 valence electrons. The van der Waals surface area contributed by atoms with Crippen molar-refractivity contribution in [3.05, 3.63) is 50.4 Å². The first-order valence-corrected chi connectivity index (χ1v) is 7.81. The molecule has 0 aliphatic heterocycles. The molecule has 0 unspecified atom stereocenters. The number of anilines is 1. The van der Waals surface area contributed by atoms with E-state index >= 15 is 0 Å². The first-order valence-electron chi connectivity index (χ1n) is 5.85. The van der Waals surface area contributed by atoms with Crippen molar-refractivity contribution in [1.29, 1.82) is 0 Å². The molecule has 0 amide bonds. The highest BCUT2D eigenvalue weighted by atomic mass is 79.9. The average molecular weight is 430 g/mol. The maximum absolute atomic E-state index is 6.24. The van der Waals surface area contributed by atoms with Gasteiger partial charge in [-0.05, 0) is 46.8 Å². The molecular weight excluding hydrogens is 421 g/mol. The molecule has 1 aromatic heterocycles. The number of hydrogen-bond acceptors (Lipinski definition) is 4. The Hall–Kier alpha value is -1.44. The van der Waals surface area contributed by atoms with E-state index in [0.29, 0.717) is 22.2 Å². The molecule has 0 aliphatic rings. The van der Waals surface area contributed by atoms with E-state index in [-0.39, 0.29) is 0 Å². The number of halogens is 3. The highest BCUT2D eigenvalue weighted by Crippen LogP contribution is 2.29. The second-order valence-corrected chi connectivity index (χ2v) is 6.52. The number of nitrogen functional groups attached to an aromatic ring is 1. The minimum absolute atomic E-state index is 0.551. The predicted octanol–water partition coefficient (Wildman–Crippen LogP) is 4.09. The summed E-state index contributed by atoms with van der Waals surface area (Å²) in [5.41, 5.74) is 7.97. The third-order valence-electron chi connectivity index (χ3n) is 2.78.